The van der Waals surface area contributed by atoms with Gasteiger partial charge < -0.3 is 5.32 Å². The summed E-state index contributed by atoms with van der Waals surface area (Å²) in [5, 5.41) is 6.11. The van der Waals surface area contributed by atoms with Crippen molar-refractivity contribution in [3.8, 4) is 11.3 Å². The number of carbonyl (C=O) groups is 1. The quantitative estimate of drug-likeness (QED) is 0.901. The molecule has 116 valence electrons. The SMILES string of the molecule is Cc1nccc(-c2cccc(NC(=O)C3CSCN3)c2)n1.Cl. The number of amides is 1. The van der Waals surface area contributed by atoms with Crippen LogP contribution in [-0.2, 0) is 4.79 Å². The summed E-state index contributed by atoms with van der Waals surface area (Å²) in [4.78, 5) is 20.6. The zero-order chi connectivity index (χ0) is 14.7. The lowest BCUT2D eigenvalue weighted by Gasteiger charge is -2.11. The molecule has 1 atom stereocenters. The molecule has 2 N–H and O–H groups in total. The number of hydrogen-bond acceptors (Lipinski definition) is 5. The molecule has 2 heterocycles. The third kappa shape index (κ3) is 3.97. The van der Waals surface area contributed by atoms with Crippen LogP contribution >= 0.6 is 24.2 Å². The first kappa shape index (κ1) is 16.7. The van der Waals surface area contributed by atoms with Crippen LogP contribution in [0.1, 0.15) is 5.82 Å². The van der Waals surface area contributed by atoms with Gasteiger partial charge in [0.05, 0.1) is 11.7 Å². The van der Waals surface area contributed by atoms with E-state index in [-0.39, 0.29) is 24.4 Å². The Morgan fingerprint density at radius 1 is 1.41 bits per heavy atom. The largest absolute Gasteiger partial charge is 0.325 e. The molecule has 1 amide bonds. The van der Waals surface area contributed by atoms with Gasteiger partial charge in [-0.3, -0.25) is 10.1 Å². The fourth-order valence-electron chi connectivity index (χ4n) is 2.17. The lowest BCUT2D eigenvalue weighted by Crippen LogP contribution is -2.37. The summed E-state index contributed by atoms with van der Waals surface area (Å²) in [7, 11) is 0. The van der Waals surface area contributed by atoms with Crippen LogP contribution in [-0.4, -0.2) is 33.5 Å². The number of hydrogen-bond donors (Lipinski definition) is 2. The number of nitrogens with zero attached hydrogens (tertiary/aromatic N) is 2. The van der Waals surface area contributed by atoms with Crippen molar-refractivity contribution in [2.45, 2.75) is 13.0 Å². The zero-order valence-electron chi connectivity index (χ0n) is 12.1. The van der Waals surface area contributed by atoms with Crippen LogP contribution in [0.5, 0.6) is 0 Å². The number of nitrogens with one attached hydrogen (secondary N) is 2. The molecule has 22 heavy (non-hydrogen) atoms. The lowest BCUT2D eigenvalue weighted by atomic mass is 10.1. The molecule has 3 rings (SSSR count). The molecule has 1 aromatic heterocycles. The molecule has 1 aliphatic heterocycles. The molecule has 0 radical (unpaired) electrons. The minimum Gasteiger partial charge on any atom is -0.325 e. The summed E-state index contributed by atoms with van der Waals surface area (Å²) in [5.74, 6) is 2.39. The number of benzene rings is 1. The fourth-order valence-corrected chi connectivity index (χ4v) is 3.11. The highest BCUT2D eigenvalue weighted by Crippen LogP contribution is 2.21. The van der Waals surface area contributed by atoms with E-state index >= 15 is 0 Å². The van der Waals surface area contributed by atoms with Crippen molar-refractivity contribution < 1.29 is 4.79 Å². The average molecular weight is 337 g/mol. The van der Waals surface area contributed by atoms with E-state index in [1.807, 2.05) is 37.3 Å². The Hall–Kier alpha value is -1.63. The number of thioether (sulfide) groups is 1. The predicted octanol–water partition coefficient (Wildman–Crippen LogP) is 2.47. The van der Waals surface area contributed by atoms with Crippen LogP contribution in [0.25, 0.3) is 11.3 Å². The standard InChI is InChI=1S/C15H16N4OS.ClH/c1-10-16-6-5-13(18-10)11-3-2-4-12(7-11)19-15(20)14-8-21-9-17-14;/h2-7,14,17H,8-9H2,1H3,(H,19,20);1H. The first-order chi connectivity index (χ1) is 10.2. The van der Waals surface area contributed by atoms with Crippen LogP contribution in [0.4, 0.5) is 5.69 Å². The molecule has 7 heteroatoms. The summed E-state index contributed by atoms with van der Waals surface area (Å²) in [5.41, 5.74) is 2.60. The van der Waals surface area contributed by atoms with Gasteiger partial charge in [0.15, 0.2) is 0 Å². The van der Waals surface area contributed by atoms with Crippen molar-refractivity contribution in [2.24, 2.45) is 0 Å². The summed E-state index contributed by atoms with van der Waals surface area (Å²) >= 11 is 1.73. The van der Waals surface area contributed by atoms with E-state index < -0.39 is 0 Å². The highest BCUT2D eigenvalue weighted by molar-refractivity contribution is 7.99. The second-order valence-corrected chi connectivity index (χ2v) is 5.86. The highest BCUT2D eigenvalue weighted by atomic mass is 35.5. The number of carbonyl (C=O) groups excluding carboxylic acids is 1. The highest BCUT2D eigenvalue weighted by Gasteiger charge is 2.22. The summed E-state index contributed by atoms with van der Waals surface area (Å²) in [6.45, 7) is 1.86. The van der Waals surface area contributed by atoms with Gasteiger partial charge in [-0.25, -0.2) is 9.97 Å². The van der Waals surface area contributed by atoms with Gasteiger partial charge in [-0.1, -0.05) is 12.1 Å². The van der Waals surface area contributed by atoms with E-state index in [9.17, 15) is 4.79 Å². The van der Waals surface area contributed by atoms with Crippen molar-refractivity contribution in [2.75, 3.05) is 16.9 Å². The monoisotopic (exact) mass is 336 g/mol. The molecule has 0 saturated carbocycles. The number of aryl methyl sites for hydroxylation is 1. The summed E-state index contributed by atoms with van der Waals surface area (Å²) in [6, 6.07) is 9.46. The number of halogens is 1. The molecular formula is C15H17ClN4OS. The molecule has 1 aromatic carbocycles. The first-order valence-corrected chi connectivity index (χ1v) is 7.90. The molecule has 1 saturated heterocycles. The van der Waals surface area contributed by atoms with Gasteiger partial charge in [0, 0.05) is 29.1 Å². The third-order valence-electron chi connectivity index (χ3n) is 3.23. The van der Waals surface area contributed by atoms with Crippen LogP contribution in [0, 0.1) is 6.92 Å². The summed E-state index contributed by atoms with van der Waals surface area (Å²) < 4.78 is 0. The van der Waals surface area contributed by atoms with E-state index in [1.165, 1.54) is 0 Å². The Morgan fingerprint density at radius 2 is 2.27 bits per heavy atom. The molecular weight excluding hydrogens is 320 g/mol. The Labute approximate surface area is 139 Å². The van der Waals surface area contributed by atoms with E-state index in [0.717, 1.165) is 34.4 Å². The maximum Gasteiger partial charge on any atom is 0.242 e. The molecule has 0 spiro atoms. The number of aromatic nitrogens is 2. The second-order valence-electron chi connectivity index (χ2n) is 4.83. The maximum absolute atomic E-state index is 12.1. The second kappa shape index (κ2) is 7.58. The van der Waals surface area contributed by atoms with Crippen LogP contribution in [0.15, 0.2) is 36.5 Å². The van der Waals surface area contributed by atoms with Crippen LogP contribution in [0.3, 0.4) is 0 Å². The third-order valence-corrected chi connectivity index (χ3v) is 4.17. The van der Waals surface area contributed by atoms with Gasteiger partial charge >= 0.3 is 0 Å². The average Bonchev–Trinajstić information content (AvgIpc) is 3.02. The number of anilines is 1. The Kier molecular flexibility index (Phi) is 5.76. The van der Waals surface area contributed by atoms with E-state index in [0.29, 0.717) is 0 Å². The molecule has 0 aliphatic carbocycles. The summed E-state index contributed by atoms with van der Waals surface area (Å²) in [6.07, 6.45) is 1.74. The van der Waals surface area contributed by atoms with E-state index in [4.69, 9.17) is 0 Å². The predicted molar refractivity (Wildman–Crippen MR) is 92.3 cm³/mol. The van der Waals surface area contributed by atoms with Gasteiger partial charge in [0.25, 0.3) is 0 Å². The number of rotatable bonds is 3. The van der Waals surface area contributed by atoms with Crippen LogP contribution < -0.4 is 10.6 Å². The topological polar surface area (TPSA) is 66.9 Å². The Balaban J connectivity index is 0.00000176. The van der Waals surface area contributed by atoms with Gasteiger partial charge in [-0.15, -0.1) is 24.2 Å². The van der Waals surface area contributed by atoms with E-state index in [1.54, 1.807) is 18.0 Å². The van der Waals surface area contributed by atoms with Gasteiger partial charge in [0.2, 0.25) is 5.91 Å². The normalized spacial score (nSPS) is 16.9. The van der Waals surface area contributed by atoms with Crippen molar-refractivity contribution >= 4 is 35.8 Å². The Bertz CT molecular complexity index is 661. The molecule has 5 nitrogen and oxygen atoms in total. The molecule has 2 aromatic rings. The van der Waals surface area contributed by atoms with Crippen LogP contribution in [0.2, 0.25) is 0 Å². The minimum atomic E-state index is -0.111. The van der Waals surface area contributed by atoms with Crippen molar-refractivity contribution in [1.82, 2.24) is 15.3 Å². The lowest BCUT2D eigenvalue weighted by molar-refractivity contribution is -0.117. The first-order valence-electron chi connectivity index (χ1n) is 6.74. The fraction of sp³-hybridized carbons (Fsp3) is 0.267. The Morgan fingerprint density at radius 3 is 3.00 bits per heavy atom. The van der Waals surface area contributed by atoms with E-state index in [2.05, 4.69) is 20.6 Å². The minimum absolute atomic E-state index is 0. The zero-order valence-corrected chi connectivity index (χ0v) is 13.7. The van der Waals surface area contributed by atoms with Crippen molar-refractivity contribution in [1.29, 1.82) is 0 Å². The van der Waals surface area contributed by atoms with Crippen molar-refractivity contribution in [3.05, 3.63) is 42.4 Å². The molecule has 0 bridgehead atoms. The van der Waals surface area contributed by atoms with Gasteiger partial charge in [-0.05, 0) is 25.1 Å². The smallest absolute Gasteiger partial charge is 0.242 e. The van der Waals surface area contributed by atoms with Gasteiger partial charge in [0.1, 0.15) is 5.82 Å². The molecule has 1 unspecified atom stereocenters. The van der Waals surface area contributed by atoms with Crippen molar-refractivity contribution in [3.63, 3.8) is 0 Å². The van der Waals surface area contributed by atoms with Gasteiger partial charge in [-0.2, -0.15) is 0 Å². The maximum atomic E-state index is 12.1. The molecule has 1 aliphatic rings. The molecule has 1 fully saturated rings.